The average molecular weight is 489 g/mol. The van der Waals surface area contributed by atoms with Gasteiger partial charge in [0, 0.05) is 10.9 Å². The molecular formula is C23H21ClN2O4S2. The van der Waals surface area contributed by atoms with Crippen molar-refractivity contribution in [1.29, 1.82) is 0 Å². The van der Waals surface area contributed by atoms with Crippen LogP contribution in [0.4, 0.5) is 5.13 Å². The number of ketones is 1. The van der Waals surface area contributed by atoms with Crippen LogP contribution in [0.2, 0.25) is 5.02 Å². The zero-order valence-electron chi connectivity index (χ0n) is 17.3. The van der Waals surface area contributed by atoms with Gasteiger partial charge in [-0.2, -0.15) is 0 Å². The molecule has 0 saturated heterocycles. The van der Waals surface area contributed by atoms with Crippen molar-refractivity contribution < 1.29 is 18.0 Å². The van der Waals surface area contributed by atoms with E-state index in [-0.39, 0.29) is 34.7 Å². The van der Waals surface area contributed by atoms with E-state index in [2.05, 4.69) is 10.3 Å². The molecule has 2 aromatic carbocycles. The largest absolute Gasteiger partial charge is 0.302 e. The van der Waals surface area contributed by atoms with Crippen molar-refractivity contribution >= 4 is 49.6 Å². The smallest absolute Gasteiger partial charge is 0.230 e. The third kappa shape index (κ3) is 4.77. The first-order valence-corrected chi connectivity index (χ1v) is 13.0. The zero-order valence-corrected chi connectivity index (χ0v) is 19.7. The zero-order chi connectivity index (χ0) is 22.9. The van der Waals surface area contributed by atoms with Gasteiger partial charge in [0.15, 0.2) is 20.8 Å². The Bertz CT molecular complexity index is 1270. The van der Waals surface area contributed by atoms with Crippen molar-refractivity contribution in [3.63, 3.8) is 0 Å². The van der Waals surface area contributed by atoms with E-state index in [9.17, 15) is 18.0 Å². The summed E-state index contributed by atoms with van der Waals surface area (Å²) in [5.41, 5.74) is 2.34. The lowest BCUT2D eigenvalue weighted by Gasteiger charge is -2.20. The van der Waals surface area contributed by atoms with Gasteiger partial charge in [-0.15, -0.1) is 0 Å². The van der Waals surface area contributed by atoms with Crippen molar-refractivity contribution in [2.24, 2.45) is 0 Å². The number of anilines is 1. The number of Topliss-reactive ketones (excluding diaryl/α,β-unsaturated/α-hetero) is 1. The van der Waals surface area contributed by atoms with E-state index in [4.69, 9.17) is 11.6 Å². The van der Waals surface area contributed by atoms with E-state index in [1.165, 1.54) is 23.5 Å². The number of rotatable bonds is 6. The first-order chi connectivity index (χ1) is 15.3. The minimum Gasteiger partial charge on any atom is -0.302 e. The maximum absolute atomic E-state index is 13.0. The van der Waals surface area contributed by atoms with Crippen LogP contribution in [0, 0.1) is 0 Å². The van der Waals surface area contributed by atoms with Gasteiger partial charge >= 0.3 is 0 Å². The van der Waals surface area contributed by atoms with E-state index in [1.54, 1.807) is 31.2 Å². The van der Waals surface area contributed by atoms with Crippen LogP contribution in [0.1, 0.15) is 45.8 Å². The third-order valence-corrected chi connectivity index (χ3v) is 8.48. The summed E-state index contributed by atoms with van der Waals surface area (Å²) < 4.78 is 23.8. The fourth-order valence-electron chi connectivity index (χ4n) is 3.68. The Morgan fingerprint density at radius 2 is 1.84 bits per heavy atom. The lowest BCUT2D eigenvalue weighted by molar-refractivity contribution is -0.115. The topological polar surface area (TPSA) is 93.2 Å². The second-order valence-electron chi connectivity index (χ2n) is 7.57. The van der Waals surface area contributed by atoms with Gasteiger partial charge in [0.1, 0.15) is 0 Å². The van der Waals surface area contributed by atoms with Gasteiger partial charge in [-0.25, -0.2) is 13.4 Å². The molecule has 1 amide bonds. The molecule has 0 fully saturated rings. The number of benzene rings is 2. The standard InChI is InChI=1S/C23H21ClN2O4S2/c1-2-32(29,30)17-9-3-14(4-10-17)13-20(27)26-23-25-19-12-11-18(21(28)22(19)31-23)15-5-7-16(24)8-6-15/h3-10,18H,2,11-13H2,1H3,(H,25,26,27). The number of halogens is 1. The van der Waals surface area contributed by atoms with Crippen molar-refractivity contribution in [3.8, 4) is 0 Å². The van der Waals surface area contributed by atoms with Crippen molar-refractivity contribution in [3.05, 3.63) is 75.3 Å². The Hall–Kier alpha value is -2.55. The predicted octanol–water partition coefficient (Wildman–Crippen LogP) is 4.68. The molecule has 1 atom stereocenters. The molecule has 1 aliphatic rings. The van der Waals surface area contributed by atoms with E-state index in [1.807, 2.05) is 12.1 Å². The number of hydrogen-bond donors (Lipinski definition) is 1. The maximum Gasteiger partial charge on any atom is 0.230 e. The Kier molecular flexibility index (Phi) is 6.46. The van der Waals surface area contributed by atoms with Gasteiger partial charge in [-0.1, -0.05) is 54.1 Å². The number of aromatic nitrogens is 1. The van der Waals surface area contributed by atoms with Crippen molar-refractivity contribution in [1.82, 2.24) is 4.98 Å². The molecule has 0 aliphatic heterocycles. The highest BCUT2D eigenvalue weighted by molar-refractivity contribution is 7.91. The number of sulfone groups is 1. The Labute approximate surface area is 195 Å². The van der Waals surface area contributed by atoms with Crippen LogP contribution >= 0.6 is 22.9 Å². The number of aryl methyl sites for hydroxylation is 1. The van der Waals surface area contributed by atoms with Crippen LogP contribution < -0.4 is 5.32 Å². The molecule has 0 radical (unpaired) electrons. The van der Waals surface area contributed by atoms with Crippen LogP contribution in [-0.2, 0) is 27.5 Å². The van der Waals surface area contributed by atoms with Crippen LogP contribution in [-0.4, -0.2) is 30.8 Å². The number of hydrogen-bond acceptors (Lipinski definition) is 6. The minimum absolute atomic E-state index is 0.0132. The van der Waals surface area contributed by atoms with Crippen LogP contribution in [0.3, 0.4) is 0 Å². The first-order valence-electron chi connectivity index (χ1n) is 10.2. The van der Waals surface area contributed by atoms with Gasteiger partial charge in [-0.05, 0) is 48.2 Å². The highest BCUT2D eigenvalue weighted by Gasteiger charge is 2.32. The molecule has 1 aromatic heterocycles. The van der Waals surface area contributed by atoms with Crippen molar-refractivity contribution in [2.75, 3.05) is 11.1 Å². The van der Waals surface area contributed by atoms with Crippen LogP contribution in [0.25, 0.3) is 0 Å². The number of nitrogens with zero attached hydrogens (tertiary/aromatic N) is 1. The highest BCUT2D eigenvalue weighted by Crippen LogP contribution is 2.37. The number of carbonyl (C=O) groups is 2. The number of thiazole rings is 1. The lowest BCUT2D eigenvalue weighted by Crippen LogP contribution is -2.19. The fraction of sp³-hybridized carbons (Fsp3) is 0.261. The summed E-state index contributed by atoms with van der Waals surface area (Å²) in [5.74, 6) is -0.469. The molecule has 1 aliphatic carbocycles. The molecule has 6 nitrogen and oxygen atoms in total. The molecule has 166 valence electrons. The normalized spacial score (nSPS) is 15.9. The molecular weight excluding hydrogens is 468 g/mol. The average Bonchev–Trinajstić information content (AvgIpc) is 3.18. The quantitative estimate of drug-likeness (QED) is 0.543. The monoisotopic (exact) mass is 488 g/mol. The van der Waals surface area contributed by atoms with Gasteiger partial charge in [-0.3, -0.25) is 9.59 Å². The molecule has 0 spiro atoms. The number of nitrogens with one attached hydrogen (secondary N) is 1. The Morgan fingerprint density at radius 1 is 1.16 bits per heavy atom. The summed E-state index contributed by atoms with van der Waals surface area (Å²) in [6.45, 7) is 1.59. The first kappa shape index (κ1) is 22.6. The fourth-order valence-corrected chi connectivity index (χ4v) is 5.71. The SMILES string of the molecule is CCS(=O)(=O)c1ccc(CC(=O)Nc2nc3c(s2)C(=O)C(c2ccc(Cl)cc2)CC3)cc1. The molecule has 0 saturated carbocycles. The van der Waals surface area contributed by atoms with Crippen molar-refractivity contribution in [2.45, 2.75) is 37.0 Å². The van der Waals surface area contributed by atoms with Crippen LogP contribution in [0.15, 0.2) is 53.4 Å². The molecule has 1 unspecified atom stereocenters. The summed E-state index contributed by atoms with van der Waals surface area (Å²) in [7, 11) is -3.27. The molecule has 0 bridgehead atoms. The summed E-state index contributed by atoms with van der Waals surface area (Å²) in [4.78, 5) is 30.8. The molecule has 1 N–H and O–H groups in total. The lowest BCUT2D eigenvalue weighted by atomic mass is 9.84. The molecule has 9 heteroatoms. The Balaban J connectivity index is 1.43. The minimum atomic E-state index is -3.27. The second-order valence-corrected chi connectivity index (χ2v) is 11.3. The molecule has 3 aromatic rings. The Morgan fingerprint density at radius 3 is 2.50 bits per heavy atom. The highest BCUT2D eigenvalue weighted by atomic mass is 35.5. The molecule has 4 rings (SSSR count). The number of carbonyl (C=O) groups excluding carboxylic acids is 2. The summed E-state index contributed by atoms with van der Waals surface area (Å²) in [6, 6.07) is 13.6. The summed E-state index contributed by atoms with van der Waals surface area (Å²) in [6.07, 6.45) is 1.41. The maximum atomic E-state index is 13.0. The van der Waals surface area contributed by atoms with Crippen LogP contribution in [0.5, 0.6) is 0 Å². The van der Waals surface area contributed by atoms with E-state index in [0.717, 1.165) is 11.3 Å². The summed E-state index contributed by atoms with van der Waals surface area (Å²) >= 11 is 7.15. The van der Waals surface area contributed by atoms with Gasteiger partial charge in [0.25, 0.3) is 0 Å². The molecule has 32 heavy (non-hydrogen) atoms. The third-order valence-electron chi connectivity index (χ3n) is 5.45. The number of amides is 1. The van der Waals surface area contributed by atoms with E-state index < -0.39 is 9.84 Å². The predicted molar refractivity (Wildman–Crippen MR) is 125 cm³/mol. The van der Waals surface area contributed by atoms with E-state index >= 15 is 0 Å². The number of fused-ring (bicyclic) bond motifs is 1. The van der Waals surface area contributed by atoms with Gasteiger partial charge < -0.3 is 5.32 Å². The second kappa shape index (κ2) is 9.13. The van der Waals surface area contributed by atoms with Gasteiger partial charge in [0.2, 0.25) is 5.91 Å². The summed E-state index contributed by atoms with van der Waals surface area (Å²) in [5, 5.41) is 3.79. The van der Waals surface area contributed by atoms with E-state index in [0.29, 0.717) is 33.4 Å². The molecule has 1 heterocycles. The van der Waals surface area contributed by atoms with Gasteiger partial charge in [0.05, 0.1) is 27.6 Å².